The quantitative estimate of drug-likeness (QED) is 0.844. The van der Waals surface area contributed by atoms with E-state index in [9.17, 15) is 8.42 Å². The van der Waals surface area contributed by atoms with Gasteiger partial charge in [0.05, 0.1) is 12.2 Å². The molecule has 1 N–H and O–H groups in total. The van der Waals surface area contributed by atoms with Crippen LogP contribution in [-0.2, 0) is 16.6 Å². The zero-order valence-corrected chi connectivity index (χ0v) is 15.7. The van der Waals surface area contributed by atoms with Gasteiger partial charge in [0.2, 0.25) is 16.0 Å². The summed E-state index contributed by atoms with van der Waals surface area (Å²) >= 11 is 0. The molecule has 0 radical (unpaired) electrons. The molecule has 2 aromatic rings. The van der Waals surface area contributed by atoms with Crippen molar-refractivity contribution in [2.75, 3.05) is 18.0 Å². The monoisotopic (exact) mass is 372 g/mol. The third kappa shape index (κ3) is 5.37. The first-order valence-corrected chi connectivity index (χ1v) is 10.4. The Kier molecular flexibility index (Phi) is 6.00. The van der Waals surface area contributed by atoms with Crippen LogP contribution in [0.1, 0.15) is 36.2 Å². The predicted molar refractivity (Wildman–Crippen MR) is 104 cm³/mol. The normalized spacial score (nSPS) is 15.5. The Morgan fingerprint density at radius 3 is 2.58 bits per heavy atom. The first-order chi connectivity index (χ1) is 12.5. The van der Waals surface area contributed by atoms with E-state index in [1.807, 2.05) is 43.3 Å². The van der Waals surface area contributed by atoms with Gasteiger partial charge in [-0.05, 0) is 43.9 Å². The van der Waals surface area contributed by atoms with Crippen molar-refractivity contribution in [3.63, 3.8) is 0 Å². The molecule has 6 nitrogen and oxygen atoms in total. The van der Waals surface area contributed by atoms with E-state index in [-0.39, 0.29) is 6.54 Å². The van der Waals surface area contributed by atoms with E-state index < -0.39 is 10.0 Å². The van der Waals surface area contributed by atoms with Gasteiger partial charge in [-0.2, -0.15) is 0 Å². The van der Waals surface area contributed by atoms with Crippen molar-refractivity contribution in [3.8, 4) is 0 Å². The number of anilines is 1. The Labute approximate surface area is 155 Å². The summed E-state index contributed by atoms with van der Waals surface area (Å²) in [5.41, 5.74) is 2.35. The van der Waals surface area contributed by atoms with E-state index in [4.69, 9.17) is 0 Å². The number of piperidine rings is 1. The topological polar surface area (TPSA) is 75.2 Å². The fourth-order valence-corrected chi connectivity index (χ4v) is 3.68. The maximum atomic E-state index is 12.2. The van der Waals surface area contributed by atoms with Crippen molar-refractivity contribution in [2.24, 2.45) is 0 Å². The average Bonchev–Trinajstić information content (AvgIpc) is 2.66. The van der Waals surface area contributed by atoms with Crippen molar-refractivity contribution in [3.05, 3.63) is 58.8 Å². The summed E-state index contributed by atoms with van der Waals surface area (Å²) < 4.78 is 27.0. The highest BCUT2D eigenvalue weighted by Crippen LogP contribution is 2.16. The van der Waals surface area contributed by atoms with E-state index in [0.29, 0.717) is 11.6 Å². The Bertz CT molecular complexity index is 860. The van der Waals surface area contributed by atoms with Gasteiger partial charge in [-0.3, -0.25) is 0 Å². The third-order valence-electron chi connectivity index (χ3n) is 4.23. The first kappa shape index (κ1) is 18.5. The number of aromatic nitrogens is 2. The summed E-state index contributed by atoms with van der Waals surface area (Å²) in [7, 11) is -3.53. The molecule has 0 unspecified atom stereocenters. The largest absolute Gasteiger partial charge is 0.341 e. The molecule has 1 aromatic carbocycles. The van der Waals surface area contributed by atoms with Crippen molar-refractivity contribution in [2.45, 2.75) is 32.7 Å². The minimum absolute atomic E-state index is 0.145. The van der Waals surface area contributed by atoms with Gasteiger partial charge in [0.15, 0.2) is 0 Å². The highest BCUT2D eigenvalue weighted by Gasteiger charge is 2.15. The van der Waals surface area contributed by atoms with Crippen molar-refractivity contribution in [1.82, 2.24) is 14.7 Å². The Morgan fingerprint density at radius 2 is 1.85 bits per heavy atom. The summed E-state index contributed by atoms with van der Waals surface area (Å²) in [4.78, 5) is 11.2. The molecule has 138 valence electrons. The van der Waals surface area contributed by atoms with E-state index in [0.717, 1.165) is 37.2 Å². The third-order valence-corrected chi connectivity index (χ3v) is 5.27. The molecule has 0 atom stereocenters. The van der Waals surface area contributed by atoms with Gasteiger partial charge in [0.25, 0.3) is 0 Å². The zero-order valence-electron chi connectivity index (χ0n) is 14.9. The highest BCUT2D eigenvalue weighted by atomic mass is 32.2. The smallest absolute Gasteiger partial charge is 0.234 e. The molecule has 0 aliphatic carbocycles. The zero-order chi connectivity index (χ0) is 18.4. The Hall–Kier alpha value is -2.25. The fraction of sp³-hybridized carbons (Fsp3) is 0.368. The lowest BCUT2D eigenvalue weighted by Gasteiger charge is -2.27. The molecular weight excluding hydrogens is 348 g/mol. The van der Waals surface area contributed by atoms with Gasteiger partial charge in [0, 0.05) is 24.2 Å². The maximum Gasteiger partial charge on any atom is 0.234 e. The highest BCUT2D eigenvalue weighted by molar-refractivity contribution is 7.92. The predicted octanol–water partition coefficient (Wildman–Crippen LogP) is 2.87. The van der Waals surface area contributed by atoms with E-state index in [1.54, 1.807) is 6.08 Å². The van der Waals surface area contributed by atoms with Crippen LogP contribution >= 0.6 is 0 Å². The number of hydrogen-bond donors (Lipinski definition) is 1. The molecule has 3 rings (SSSR count). The lowest BCUT2D eigenvalue weighted by Crippen LogP contribution is -2.31. The lowest BCUT2D eigenvalue weighted by molar-refractivity contribution is 0.565. The SMILES string of the molecule is Cc1cc(CNS(=O)(=O)/C=C/c2ccccc2)nc(N2CCCCC2)n1. The molecule has 1 aliphatic heterocycles. The molecule has 1 aliphatic rings. The summed E-state index contributed by atoms with van der Waals surface area (Å²) in [6, 6.07) is 11.1. The molecule has 26 heavy (non-hydrogen) atoms. The molecule has 2 heterocycles. The molecule has 0 spiro atoms. The van der Waals surface area contributed by atoms with Crippen LogP contribution in [0, 0.1) is 6.92 Å². The van der Waals surface area contributed by atoms with Gasteiger partial charge in [-0.1, -0.05) is 30.3 Å². The summed E-state index contributed by atoms with van der Waals surface area (Å²) in [5, 5.41) is 1.18. The molecule has 0 saturated carbocycles. The van der Waals surface area contributed by atoms with Gasteiger partial charge in [-0.25, -0.2) is 23.1 Å². The van der Waals surface area contributed by atoms with Gasteiger partial charge >= 0.3 is 0 Å². The van der Waals surface area contributed by atoms with Crippen molar-refractivity contribution < 1.29 is 8.42 Å². The van der Waals surface area contributed by atoms with Crippen LogP contribution in [0.3, 0.4) is 0 Å². The lowest BCUT2D eigenvalue weighted by atomic mass is 10.1. The standard InChI is InChI=1S/C19H24N4O2S/c1-16-14-18(22-19(21-16)23-11-6-3-7-12-23)15-20-26(24,25)13-10-17-8-4-2-5-9-17/h2,4-5,8-10,13-14,20H,3,6-7,11-12,15H2,1H3/b13-10+. The van der Waals surface area contributed by atoms with Crippen LogP contribution in [0.25, 0.3) is 6.08 Å². The van der Waals surface area contributed by atoms with Crippen molar-refractivity contribution in [1.29, 1.82) is 0 Å². The number of aryl methyl sites for hydroxylation is 1. The minimum Gasteiger partial charge on any atom is -0.341 e. The number of hydrogen-bond acceptors (Lipinski definition) is 5. The molecule has 7 heteroatoms. The summed E-state index contributed by atoms with van der Waals surface area (Å²) in [6.07, 6.45) is 5.10. The minimum atomic E-state index is -3.53. The van der Waals surface area contributed by atoms with Gasteiger partial charge < -0.3 is 4.90 Å². The Morgan fingerprint density at radius 1 is 1.12 bits per heavy atom. The first-order valence-electron chi connectivity index (χ1n) is 8.84. The molecule has 0 amide bonds. The molecule has 0 bridgehead atoms. The van der Waals surface area contributed by atoms with Crippen molar-refractivity contribution >= 4 is 22.0 Å². The number of nitrogens with zero attached hydrogens (tertiary/aromatic N) is 3. The van der Waals surface area contributed by atoms with Gasteiger partial charge in [0.1, 0.15) is 0 Å². The van der Waals surface area contributed by atoms with Crippen LogP contribution in [0.4, 0.5) is 5.95 Å². The Balaban J connectivity index is 1.66. The second-order valence-electron chi connectivity index (χ2n) is 6.43. The van der Waals surface area contributed by atoms with Crippen LogP contribution in [0.2, 0.25) is 0 Å². The molecule has 1 fully saturated rings. The van der Waals surface area contributed by atoms with E-state index in [1.165, 1.54) is 11.8 Å². The second-order valence-corrected chi connectivity index (χ2v) is 8.08. The van der Waals surface area contributed by atoms with Gasteiger partial charge in [-0.15, -0.1) is 0 Å². The van der Waals surface area contributed by atoms with Crippen LogP contribution in [0.15, 0.2) is 41.8 Å². The van der Waals surface area contributed by atoms with Crippen LogP contribution in [0.5, 0.6) is 0 Å². The number of nitrogens with one attached hydrogen (secondary N) is 1. The van der Waals surface area contributed by atoms with Crippen LogP contribution < -0.4 is 9.62 Å². The van der Waals surface area contributed by atoms with E-state index >= 15 is 0 Å². The number of rotatable bonds is 6. The van der Waals surface area contributed by atoms with Crippen LogP contribution in [-0.4, -0.2) is 31.5 Å². The molecular formula is C19H24N4O2S. The summed E-state index contributed by atoms with van der Waals surface area (Å²) in [5.74, 6) is 0.693. The van der Waals surface area contributed by atoms with E-state index in [2.05, 4.69) is 19.6 Å². The molecule has 1 saturated heterocycles. The maximum absolute atomic E-state index is 12.2. The summed E-state index contributed by atoms with van der Waals surface area (Å²) in [6.45, 7) is 3.96. The molecule has 1 aromatic heterocycles. The number of sulfonamides is 1. The second kappa shape index (κ2) is 8.42. The average molecular weight is 372 g/mol. The fourth-order valence-electron chi connectivity index (χ4n) is 2.90. The number of benzene rings is 1.